The maximum atomic E-state index is 13.5. The summed E-state index contributed by atoms with van der Waals surface area (Å²) in [6.07, 6.45) is -3.34. The van der Waals surface area contributed by atoms with Crippen LogP contribution in [-0.4, -0.2) is 29.5 Å². The molecule has 0 spiro atoms. The molecule has 0 aliphatic carbocycles. The number of aromatic nitrogens is 2. The summed E-state index contributed by atoms with van der Waals surface area (Å²) < 4.78 is 69.8. The number of allylic oxidation sites excluding steroid dienone is 1. The van der Waals surface area contributed by atoms with Crippen LogP contribution in [-0.2, 0) is 6.54 Å². The monoisotopic (exact) mass is 496 g/mol. The molecule has 0 radical (unpaired) electrons. The van der Waals surface area contributed by atoms with E-state index in [1.807, 2.05) is 0 Å². The number of fused-ring (bicyclic) bond motifs is 1. The summed E-state index contributed by atoms with van der Waals surface area (Å²) in [6, 6.07) is 9.62. The zero-order valence-corrected chi connectivity index (χ0v) is 18.4. The Morgan fingerprint density at radius 2 is 1.91 bits per heavy atom. The Labute approximate surface area is 196 Å². The molecule has 0 amide bonds. The molecule has 1 aliphatic rings. The smallest absolute Gasteiger partial charge is 0.283 e. The number of methoxy groups -OCH3 is 1. The Hall–Kier alpha value is -3.53. The van der Waals surface area contributed by atoms with Gasteiger partial charge in [-0.25, -0.2) is 17.6 Å². The maximum absolute atomic E-state index is 13.5. The van der Waals surface area contributed by atoms with Crippen molar-refractivity contribution in [3.05, 3.63) is 75.6 Å². The van der Waals surface area contributed by atoms with Gasteiger partial charge in [-0.05, 0) is 42.0 Å². The van der Waals surface area contributed by atoms with Crippen molar-refractivity contribution in [2.45, 2.75) is 19.4 Å². The zero-order valence-electron chi connectivity index (χ0n) is 17.6. The first-order chi connectivity index (χ1) is 16.3. The van der Waals surface area contributed by atoms with Crippen LogP contribution < -0.4 is 14.2 Å². The zero-order chi connectivity index (χ0) is 24.4. The Balaban J connectivity index is 1.60. The van der Waals surface area contributed by atoms with E-state index in [1.54, 1.807) is 36.4 Å². The van der Waals surface area contributed by atoms with E-state index in [0.717, 1.165) is 4.68 Å². The molecule has 0 saturated heterocycles. The summed E-state index contributed by atoms with van der Waals surface area (Å²) >= 11 is 5.73. The molecule has 0 atom stereocenters. The highest BCUT2D eigenvalue weighted by molar-refractivity contribution is 6.32. The molecule has 0 bridgehead atoms. The molecule has 2 aromatic carbocycles. The highest BCUT2D eigenvalue weighted by atomic mass is 35.5. The van der Waals surface area contributed by atoms with Crippen LogP contribution in [0.1, 0.15) is 45.7 Å². The number of rotatable bonds is 8. The predicted octanol–water partition coefficient (Wildman–Crippen LogP) is 6.09. The number of carbonyl (C=O) groups excluding carboxylic acids is 1. The number of ether oxygens (including phenoxy) is 3. The van der Waals surface area contributed by atoms with E-state index in [-0.39, 0.29) is 19.1 Å². The molecule has 34 heavy (non-hydrogen) atoms. The largest absolute Gasteiger partial charge is 0.496 e. The fraction of sp³-hybridized carbons (Fsp3) is 0.217. The van der Waals surface area contributed by atoms with E-state index >= 15 is 0 Å². The van der Waals surface area contributed by atoms with Gasteiger partial charge in [-0.15, -0.1) is 0 Å². The van der Waals surface area contributed by atoms with E-state index in [0.29, 0.717) is 33.9 Å². The highest BCUT2D eigenvalue weighted by Gasteiger charge is 2.28. The van der Waals surface area contributed by atoms with E-state index in [4.69, 9.17) is 25.8 Å². The third-order valence-corrected chi connectivity index (χ3v) is 5.47. The lowest BCUT2D eigenvalue weighted by molar-refractivity contribution is 0.104. The highest BCUT2D eigenvalue weighted by Crippen LogP contribution is 2.36. The lowest BCUT2D eigenvalue weighted by Crippen LogP contribution is -2.08. The fourth-order valence-electron chi connectivity index (χ4n) is 3.45. The molecular weight excluding hydrogens is 480 g/mol. The molecule has 178 valence electrons. The van der Waals surface area contributed by atoms with E-state index in [2.05, 4.69) is 5.10 Å². The van der Waals surface area contributed by atoms with Gasteiger partial charge < -0.3 is 14.2 Å². The summed E-state index contributed by atoms with van der Waals surface area (Å²) in [6.45, 7) is -0.210. The molecule has 6 nitrogen and oxygen atoms in total. The first kappa shape index (κ1) is 23.6. The molecule has 2 heterocycles. The van der Waals surface area contributed by atoms with Crippen molar-refractivity contribution in [2.75, 3.05) is 13.9 Å². The first-order valence-corrected chi connectivity index (χ1v) is 10.3. The summed E-state index contributed by atoms with van der Waals surface area (Å²) in [5, 5.41) is 2.81. The predicted molar refractivity (Wildman–Crippen MR) is 115 cm³/mol. The summed E-state index contributed by atoms with van der Waals surface area (Å²) in [5.74, 6) is 1.06. The van der Waals surface area contributed by atoms with E-state index < -0.39 is 29.3 Å². The second-order valence-corrected chi connectivity index (χ2v) is 7.56. The number of benzene rings is 2. The topological polar surface area (TPSA) is 62.6 Å². The normalized spacial score (nSPS) is 12.8. The van der Waals surface area contributed by atoms with Gasteiger partial charge in [-0.3, -0.25) is 9.48 Å². The summed E-state index contributed by atoms with van der Waals surface area (Å²) in [5.41, 5.74) is -0.404. The fourth-order valence-corrected chi connectivity index (χ4v) is 3.75. The van der Waals surface area contributed by atoms with Gasteiger partial charge >= 0.3 is 0 Å². The van der Waals surface area contributed by atoms with Crippen LogP contribution in [0.3, 0.4) is 0 Å². The molecule has 0 fully saturated rings. The molecule has 0 saturated carbocycles. The summed E-state index contributed by atoms with van der Waals surface area (Å²) in [7, 11) is 1.38. The molecule has 3 aromatic rings. The molecule has 0 unspecified atom stereocenters. The lowest BCUT2D eigenvalue weighted by atomic mass is 10.1. The van der Waals surface area contributed by atoms with Gasteiger partial charge in [0, 0.05) is 11.1 Å². The number of hydrogen-bond acceptors (Lipinski definition) is 5. The Morgan fingerprint density at radius 3 is 2.62 bits per heavy atom. The van der Waals surface area contributed by atoms with Gasteiger partial charge in [0.1, 0.15) is 17.1 Å². The van der Waals surface area contributed by atoms with E-state index in [1.165, 1.54) is 19.3 Å². The average Bonchev–Trinajstić information content (AvgIpc) is 3.41. The van der Waals surface area contributed by atoms with Crippen molar-refractivity contribution >= 4 is 23.5 Å². The van der Waals surface area contributed by atoms with Gasteiger partial charge in [0.05, 0.1) is 18.7 Å². The van der Waals surface area contributed by atoms with Crippen LogP contribution in [0.2, 0.25) is 5.02 Å². The Kier molecular flexibility index (Phi) is 6.78. The number of hydrogen-bond donors (Lipinski definition) is 0. The van der Waals surface area contributed by atoms with Gasteiger partial charge in [0.25, 0.3) is 12.9 Å². The minimum Gasteiger partial charge on any atom is -0.496 e. The number of nitrogens with zero attached hydrogens (tertiary/aromatic N) is 2. The second-order valence-electron chi connectivity index (χ2n) is 7.18. The summed E-state index contributed by atoms with van der Waals surface area (Å²) in [4.78, 5) is 12.5. The molecule has 4 rings (SSSR count). The van der Waals surface area contributed by atoms with Crippen LogP contribution >= 0.6 is 11.6 Å². The van der Waals surface area contributed by atoms with Crippen molar-refractivity contribution in [1.29, 1.82) is 0 Å². The molecule has 1 aliphatic heterocycles. The average molecular weight is 497 g/mol. The van der Waals surface area contributed by atoms with E-state index in [9.17, 15) is 22.4 Å². The van der Waals surface area contributed by atoms with Gasteiger partial charge in [-0.1, -0.05) is 23.7 Å². The molecule has 11 heteroatoms. The number of alkyl halides is 4. The van der Waals surface area contributed by atoms with Crippen LogP contribution in [0.15, 0.2) is 42.5 Å². The Bertz CT molecular complexity index is 1260. The molecule has 0 N–H and O–H groups in total. The SMILES string of the molecule is COc1ccc(/C=C/C(=O)c2ccc3c(c2)OCO3)cc1Cn1nc(C(F)F)c(Cl)c1C(F)F. The van der Waals surface area contributed by atoms with Gasteiger partial charge in [0.2, 0.25) is 6.79 Å². The lowest BCUT2D eigenvalue weighted by Gasteiger charge is -2.12. The first-order valence-electron chi connectivity index (χ1n) is 9.90. The van der Waals surface area contributed by atoms with Crippen LogP contribution in [0.4, 0.5) is 17.6 Å². The van der Waals surface area contributed by atoms with Crippen molar-refractivity contribution < 1.29 is 36.6 Å². The standard InChI is InChI=1S/C23H17ClF4N2O4/c1-32-16-6-3-12(2-5-15(31)13-4-7-17-18(9-13)34-11-33-17)8-14(16)10-30-21(23(27)28)19(24)20(29-30)22(25)26/h2-9,22-23H,10-11H2,1H3/b5-2+. The van der Waals surface area contributed by atoms with Crippen molar-refractivity contribution in [3.63, 3.8) is 0 Å². The van der Waals surface area contributed by atoms with Crippen LogP contribution in [0, 0.1) is 0 Å². The second kappa shape index (κ2) is 9.76. The van der Waals surface area contributed by atoms with Crippen LogP contribution in [0.25, 0.3) is 6.08 Å². The van der Waals surface area contributed by atoms with Crippen LogP contribution in [0.5, 0.6) is 17.2 Å². The quantitative estimate of drug-likeness (QED) is 0.214. The van der Waals surface area contributed by atoms with Crippen molar-refractivity contribution in [2.24, 2.45) is 0 Å². The minimum atomic E-state index is -3.11. The van der Waals surface area contributed by atoms with Crippen molar-refractivity contribution in [1.82, 2.24) is 9.78 Å². The Morgan fingerprint density at radius 1 is 1.15 bits per heavy atom. The van der Waals surface area contributed by atoms with Gasteiger partial charge in [-0.2, -0.15) is 5.10 Å². The minimum absolute atomic E-state index is 0.0883. The maximum Gasteiger partial charge on any atom is 0.283 e. The molecular formula is C23H17ClF4N2O4. The third-order valence-electron chi connectivity index (χ3n) is 5.08. The third kappa shape index (κ3) is 4.72. The van der Waals surface area contributed by atoms with Gasteiger partial charge in [0.15, 0.2) is 17.3 Å². The molecule has 1 aromatic heterocycles. The number of halogens is 5. The van der Waals surface area contributed by atoms with Crippen molar-refractivity contribution in [3.8, 4) is 17.2 Å². The number of carbonyl (C=O) groups is 1. The number of ketones is 1.